The number of Topliss-reactive ketones (excluding diaryl/α,β-unsaturated/α-hetero) is 1. The molecule has 0 saturated carbocycles. The second kappa shape index (κ2) is 5.81. The van der Waals surface area contributed by atoms with Crippen molar-refractivity contribution in [2.75, 3.05) is 6.61 Å². The molecule has 0 aliphatic carbocycles. The van der Waals surface area contributed by atoms with E-state index in [1.165, 1.54) is 0 Å². The Morgan fingerprint density at radius 2 is 2.50 bits per heavy atom. The summed E-state index contributed by atoms with van der Waals surface area (Å²) in [6, 6.07) is 0.194. The average molecular weight is 197 g/mol. The highest BCUT2D eigenvalue weighted by molar-refractivity contribution is 5.95. The summed E-state index contributed by atoms with van der Waals surface area (Å²) in [5.41, 5.74) is 6.45. The minimum absolute atomic E-state index is 0.194. The summed E-state index contributed by atoms with van der Waals surface area (Å²) in [5, 5.41) is 0. The molecule has 1 aliphatic heterocycles. The van der Waals surface area contributed by atoms with E-state index in [1.807, 2.05) is 6.92 Å². The van der Waals surface area contributed by atoms with Crippen molar-refractivity contribution < 1.29 is 9.53 Å². The lowest BCUT2D eigenvalue weighted by molar-refractivity contribution is -0.116. The monoisotopic (exact) mass is 197 g/mol. The second-order valence-corrected chi connectivity index (χ2v) is 3.91. The third-order valence-electron chi connectivity index (χ3n) is 2.36. The Kier molecular flexibility index (Phi) is 4.66. The average Bonchev–Trinajstić information content (AvgIpc) is 2.18. The van der Waals surface area contributed by atoms with Crippen LogP contribution >= 0.6 is 0 Å². The number of allylic oxidation sites excluding steroid dienone is 1. The van der Waals surface area contributed by atoms with Gasteiger partial charge >= 0.3 is 0 Å². The maximum atomic E-state index is 11.6. The van der Waals surface area contributed by atoms with Crippen LogP contribution in [0.25, 0.3) is 0 Å². The zero-order valence-corrected chi connectivity index (χ0v) is 8.79. The van der Waals surface area contributed by atoms with Gasteiger partial charge in [-0.15, -0.1) is 0 Å². The van der Waals surface area contributed by atoms with E-state index in [1.54, 1.807) is 6.26 Å². The van der Waals surface area contributed by atoms with Gasteiger partial charge in [-0.2, -0.15) is 0 Å². The van der Waals surface area contributed by atoms with Crippen LogP contribution in [0.4, 0.5) is 0 Å². The molecule has 1 atom stereocenters. The number of carbonyl (C=O) groups excluding carboxylic acids is 1. The molecule has 0 fully saturated rings. The topological polar surface area (TPSA) is 52.3 Å². The van der Waals surface area contributed by atoms with Crippen molar-refractivity contribution in [2.45, 2.75) is 45.1 Å². The quantitative estimate of drug-likeness (QED) is 0.730. The van der Waals surface area contributed by atoms with Gasteiger partial charge in [0.25, 0.3) is 0 Å². The lowest BCUT2D eigenvalue weighted by Gasteiger charge is -2.12. The molecule has 0 saturated heterocycles. The fourth-order valence-electron chi connectivity index (χ4n) is 1.51. The normalized spacial score (nSPS) is 18.3. The van der Waals surface area contributed by atoms with E-state index in [-0.39, 0.29) is 11.8 Å². The smallest absolute Gasteiger partial charge is 0.161 e. The molecule has 1 unspecified atom stereocenters. The lowest BCUT2D eigenvalue weighted by Crippen LogP contribution is -2.15. The summed E-state index contributed by atoms with van der Waals surface area (Å²) in [4.78, 5) is 11.6. The third-order valence-corrected chi connectivity index (χ3v) is 2.36. The Balaban J connectivity index is 2.24. The van der Waals surface area contributed by atoms with Crippen LogP contribution < -0.4 is 5.73 Å². The summed E-state index contributed by atoms with van der Waals surface area (Å²) in [6.45, 7) is 2.71. The van der Waals surface area contributed by atoms with Gasteiger partial charge in [0.05, 0.1) is 12.9 Å². The van der Waals surface area contributed by atoms with Crippen LogP contribution in [0.15, 0.2) is 11.8 Å². The highest BCUT2D eigenvalue weighted by Crippen LogP contribution is 2.15. The molecule has 2 N–H and O–H groups in total. The molecule has 3 nitrogen and oxygen atoms in total. The Labute approximate surface area is 85.3 Å². The van der Waals surface area contributed by atoms with Gasteiger partial charge < -0.3 is 10.5 Å². The zero-order chi connectivity index (χ0) is 10.4. The van der Waals surface area contributed by atoms with Gasteiger partial charge in [-0.25, -0.2) is 0 Å². The third kappa shape index (κ3) is 3.92. The first kappa shape index (κ1) is 11.2. The number of carbonyl (C=O) groups is 1. The van der Waals surface area contributed by atoms with Gasteiger partial charge in [0.2, 0.25) is 0 Å². The first-order chi connectivity index (χ1) is 6.70. The minimum Gasteiger partial charge on any atom is -0.501 e. The van der Waals surface area contributed by atoms with E-state index in [4.69, 9.17) is 10.5 Å². The fraction of sp³-hybridized carbons (Fsp3) is 0.727. The largest absolute Gasteiger partial charge is 0.501 e. The Bertz CT molecular complexity index is 221. The molecule has 0 spiro atoms. The van der Waals surface area contributed by atoms with E-state index >= 15 is 0 Å². The number of hydrogen-bond acceptors (Lipinski definition) is 3. The Hall–Kier alpha value is -0.830. The molecule has 1 heterocycles. The Morgan fingerprint density at radius 1 is 1.71 bits per heavy atom. The lowest BCUT2D eigenvalue weighted by atomic mass is 10.0. The van der Waals surface area contributed by atoms with Crippen LogP contribution in [0, 0.1) is 0 Å². The highest BCUT2D eigenvalue weighted by atomic mass is 16.5. The zero-order valence-electron chi connectivity index (χ0n) is 8.79. The maximum Gasteiger partial charge on any atom is 0.161 e. The van der Waals surface area contributed by atoms with Crippen molar-refractivity contribution in [3.63, 3.8) is 0 Å². The molecule has 1 rings (SSSR count). The maximum absolute atomic E-state index is 11.6. The fourth-order valence-corrected chi connectivity index (χ4v) is 1.51. The van der Waals surface area contributed by atoms with Crippen LogP contribution in [0.3, 0.4) is 0 Å². The number of ketones is 1. The standard InChI is InChI=1S/C11H19NO2/c1-9(12)4-2-6-11(13)10-5-3-7-14-8-10/h8-9H,2-7,12H2,1H3. The first-order valence-electron chi connectivity index (χ1n) is 5.29. The minimum atomic E-state index is 0.194. The van der Waals surface area contributed by atoms with E-state index in [0.717, 1.165) is 37.9 Å². The van der Waals surface area contributed by atoms with E-state index in [2.05, 4.69) is 0 Å². The summed E-state index contributed by atoms with van der Waals surface area (Å²) < 4.78 is 5.12. The van der Waals surface area contributed by atoms with Crippen molar-refractivity contribution in [2.24, 2.45) is 5.73 Å². The van der Waals surface area contributed by atoms with Gasteiger partial charge in [0, 0.05) is 18.0 Å². The van der Waals surface area contributed by atoms with Crippen LogP contribution in [0.5, 0.6) is 0 Å². The molecule has 0 aromatic rings. The molecule has 0 bridgehead atoms. The van der Waals surface area contributed by atoms with Crippen molar-refractivity contribution in [1.82, 2.24) is 0 Å². The number of rotatable bonds is 5. The van der Waals surface area contributed by atoms with Crippen molar-refractivity contribution in [3.05, 3.63) is 11.8 Å². The van der Waals surface area contributed by atoms with E-state index in [9.17, 15) is 4.79 Å². The molecular weight excluding hydrogens is 178 g/mol. The molecule has 0 aromatic heterocycles. The van der Waals surface area contributed by atoms with Gasteiger partial charge in [0.1, 0.15) is 0 Å². The van der Waals surface area contributed by atoms with Crippen molar-refractivity contribution in [1.29, 1.82) is 0 Å². The number of hydrogen-bond donors (Lipinski definition) is 1. The van der Waals surface area contributed by atoms with Gasteiger partial charge in [-0.05, 0) is 32.6 Å². The molecule has 3 heteroatoms. The van der Waals surface area contributed by atoms with Crippen molar-refractivity contribution in [3.8, 4) is 0 Å². The predicted octanol–water partition coefficient (Wildman–Crippen LogP) is 1.77. The van der Waals surface area contributed by atoms with Crippen LogP contribution in [-0.4, -0.2) is 18.4 Å². The second-order valence-electron chi connectivity index (χ2n) is 3.91. The molecule has 0 radical (unpaired) electrons. The first-order valence-corrected chi connectivity index (χ1v) is 5.29. The predicted molar refractivity (Wildman–Crippen MR) is 55.8 cm³/mol. The highest BCUT2D eigenvalue weighted by Gasteiger charge is 2.12. The summed E-state index contributed by atoms with van der Waals surface area (Å²) >= 11 is 0. The molecule has 80 valence electrons. The molecular formula is C11H19NO2. The van der Waals surface area contributed by atoms with E-state index in [0.29, 0.717) is 6.42 Å². The van der Waals surface area contributed by atoms with Crippen LogP contribution in [0.1, 0.15) is 39.0 Å². The van der Waals surface area contributed by atoms with Crippen LogP contribution in [-0.2, 0) is 9.53 Å². The van der Waals surface area contributed by atoms with E-state index < -0.39 is 0 Å². The van der Waals surface area contributed by atoms with Crippen molar-refractivity contribution >= 4 is 5.78 Å². The number of nitrogens with two attached hydrogens (primary N) is 1. The molecule has 14 heavy (non-hydrogen) atoms. The number of ether oxygens (including phenoxy) is 1. The SMILES string of the molecule is CC(N)CCCC(=O)C1=COCCC1. The van der Waals surface area contributed by atoms with Gasteiger partial charge in [0.15, 0.2) is 5.78 Å². The van der Waals surface area contributed by atoms with Crippen LogP contribution in [0.2, 0.25) is 0 Å². The van der Waals surface area contributed by atoms with Gasteiger partial charge in [-0.1, -0.05) is 0 Å². The summed E-state index contributed by atoms with van der Waals surface area (Å²) in [6.07, 6.45) is 5.87. The Morgan fingerprint density at radius 3 is 3.07 bits per heavy atom. The summed E-state index contributed by atoms with van der Waals surface area (Å²) in [7, 11) is 0. The van der Waals surface area contributed by atoms with Gasteiger partial charge in [-0.3, -0.25) is 4.79 Å². The summed E-state index contributed by atoms with van der Waals surface area (Å²) in [5.74, 6) is 0.227. The molecule has 1 aliphatic rings. The molecule has 0 amide bonds. The molecule has 0 aromatic carbocycles.